The van der Waals surface area contributed by atoms with Crippen molar-refractivity contribution in [1.82, 2.24) is 14.8 Å². The Labute approximate surface area is 145 Å². The second kappa shape index (κ2) is 6.73. The van der Waals surface area contributed by atoms with Crippen LogP contribution in [0.15, 0.2) is 18.2 Å². The van der Waals surface area contributed by atoms with Crippen LogP contribution in [-0.4, -0.2) is 20.7 Å². The Morgan fingerprint density at radius 1 is 1.21 bits per heavy atom. The molecule has 0 atom stereocenters. The van der Waals surface area contributed by atoms with Gasteiger partial charge in [0, 0.05) is 17.4 Å². The largest absolute Gasteiger partial charge is 0.337 e. The lowest BCUT2D eigenvalue weighted by atomic mass is 10.1. The van der Waals surface area contributed by atoms with Crippen molar-refractivity contribution in [1.29, 1.82) is 0 Å². The van der Waals surface area contributed by atoms with Gasteiger partial charge < -0.3 is 4.57 Å². The molecule has 2 heterocycles. The van der Waals surface area contributed by atoms with Crippen molar-refractivity contribution in [3.8, 4) is 0 Å². The van der Waals surface area contributed by atoms with E-state index < -0.39 is 0 Å². The highest BCUT2D eigenvalue weighted by Gasteiger charge is 2.20. The number of rotatable bonds is 5. The summed E-state index contributed by atoms with van der Waals surface area (Å²) in [6.45, 7) is 8.98. The van der Waals surface area contributed by atoms with Crippen LogP contribution in [0.3, 0.4) is 0 Å². The second-order valence-corrected chi connectivity index (χ2v) is 6.79. The molecule has 126 valence electrons. The molecule has 0 saturated carbocycles. The van der Waals surface area contributed by atoms with Crippen molar-refractivity contribution in [2.24, 2.45) is 0 Å². The van der Waals surface area contributed by atoms with E-state index in [1.54, 1.807) is 0 Å². The summed E-state index contributed by atoms with van der Waals surface area (Å²) >= 11 is 1.42. The van der Waals surface area contributed by atoms with E-state index in [2.05, 4.69) is 52.1 Å². The van der Waals surface area contributed by atoms with Crippen LogP contribution in [0.4, 0.5) is 5.13 Å². The molecule has 3 rings (SSSR count). The topological polar surface area (TPSA) is 59.8 Å². The Morgan fingerprint density at radius 2 is 2.00 bits per heavy atom. The van der Waals surface area contributed by atoms with E-state index in [-0.39, 0.29) is 5.91 Å². The minimum absolute atomic E-state index is 0.123. The van der Waals surface area contributed by atoms with E-state index >= 15 is 0 Å². The quantitative estimate of drug-likeness (QED) is 0.756. The Kier molecular flexibility index (Phi) is 4.66. The van der Waals surface area contributed by atoms with Crippen LogP contribution < -0.4 is 5.32 Å². The molecule has 3 aromatic rings. The molecule has 2 aromatic heterocycles. The molecular formula is C18H22N4OS. The highest BCUT2D eigenvalue weighted by molar-refractivity contribution is 7.15. The van der Waals surface area contributed by atoms with E-state index in [4.69, 9.17) is 0 Å². The molecule has 1 amide bonds. The smallest absolute Gasteiger partial charge is 0.274 e. The first kappa shape index (κ1) is 16.6. The summed E-state index contributed by atoms with van der Waals surface area (Å²) in [4.78, 5) is 12.8. The molecule has 0 aliphatic heterocycles. The van der Waals surface area contributed by atoms with Gasteiger partial charge in [-0.25, -0.2) is 0 Å². The van der Waals surface area contributed by atoms with Gasteiger partial charge in [0.25, 0.3) is 5.91 Å². The average Bonchev–Trinajstić information content (AvgIpc) is 3.16. The van der Waals surface area contributed by atoms with Crippen LogP contribution >= 0.6 is 11.3 Å². The zero-order valence-corrected chi connectivity index (χ0v) is 15.3. The van der Waals surface area contributed by atoms with Crippen molar-refractivity contribution in [2.75, 3.05) is 5.32 Å². The van der Waals surface area contributed by atoms with Crippen LogP contribution in [0.5, 0.6) is 0 Å². The highest BCUT2D eigenvalue weighted by Crippen LogP contribution is 2.28. The van der Waals surface area contributed by atoms with Gasteiger partial charge >= 0.3 is 0 Å². The van der Waals surface area contributed by atoms with E-state index in [1.165, 1.54) is 16.9 Å². The summed E-state index contributed by atoms with van der Waals surface area (Å²) < 4.78 is 2.07. The van der Waals surface area contributed by atoms with Crippen molar-refractivity contribution < 1.29 is 4.79 Å². The lowest BCUT2D eigenvalue weighted by molar-refractivity contribution is 0.101. The van der Waals surface area contributed by atoms with Crippen LogP contribution in [0, 0.1) is 6.92 Å². The van der Waals surface area contributed by atoms with Crippen LogP contribution in [0.2, 0.25) is 0 Å². The molecule has 1 aromatic carbocycles. The van der Waals surface area contributed by atoms with Gasteiger partial charge in [-0.2, -0.15) is 0 Å². The summed E-state index contributed by atoms with van der Waals surface area (Å²) in [6, 6.07) is 6.43. The van der Waals surface area contributed by atoms with Gasteiger partial charge in [-0.05, 0) is 49.9 Å². The van der Waals surface area contributed by atoms with Gasteiger partial charge in [0.1, 0.15) is 10.7 Å². The molecule has 0 bridgehead atoms. The van der Waals surface area contributed by atoms with Gasteiger partial charge in [0.15, 0.2) is 0 Å². The molecule has 6 heteroatoms. The Hall–Kier alpha value is -2.21. The Bertz CT molecular complexity index is 894. The van der Waals surface area contributed by atoms with Gasteiger partial charge in [0.2, 0.25) is 5.13 Å². The minimum Gasteiger partial charge on any atom is -0.337 e. The number of carbonyl (C=O) groups is 1. The number of nitrogens with one attached hydrogen (secondary N) is 1. The number of carbonyl (C=O) groups excluding carboxylic acids is 1. The summed E-state index contributed by atoms with van der Waals surface area (Å²) in [6.07, 6.45) is 1.81. The number of aromatic nitrogens is 3. The zero-order chi connectivity index (χ0) is 17.3. The molecule has 0 unspecified atom stereocenters. The number of anilines is 1. The van der Waals surface area contributed by atoms with Gasteiger partial charge in [-0.1, -0.05) is 31.3 Å². The molecule has 0 spiro atoms. The van der Waals surface area contributed by atoms with Crippen LogP contribution in [-0.2, 0) is 19.4 Å². The molecule has 0 fully saturated rings. The summed E-state index contributed by atoms with van der Waals surface area (Å²) in [5.41, 5.74) is 4.10. The number of hydrogen-bond donors (Lipinski definition) is 1. The maximum absolute atomic E-state index is 12.8. The predicted molar refractivity (Wildman–Crippen MR) is 99.0 cm³/mol. The molecule has 0 aliphatic rings. The minimum atomic E-state index is -0.123. The summed E-state index contributed by atoms with van der Waals surface area (Å²) in [5.74, 6) is -0.123. The number of benzene rings is 1. The van der Waals surface area contributed by atoms with E-state index in [0.717, 1.165) is 40.9 Å². The number of fused-ring (bicyclic) bond motifs is 1. The first-order valence-corrected chi connectivity index (χ1v) is 9.16. The fourth-order valence-electron chi connectivity index (χ4n) is 3.01. The fourth-order valence-corrected chi connectivity index (χ4v) is 3.69. The van der Waals surface area contributed by atoms with Crippen LogP contribution in [0.25, 0.3) is 10.9 Å². The first-order chi connectivity index (χ1) is 11.6. The maximum Gasteiger partial charge on any atom is 0.274 e. The number of hydrogen-bond acceptors (Lipinski definition) is 4. The summed E-state index contributed by atoms with van der Waals surface area (Å²) in [7, 11) is 0. The summed E-state index contributed by atoms with van der Waals surface area (Å²) in [5, 5.41) is 13.6. The van der Waals surface area contributed by atoms with Crippen LogP contribution in [0.1, 0.15) is 47.4 Å². The SMILES string of the molecule is CCc1ccc2c(c1)c(C)c(C(=O)Nc1nnc(CC)s1)n2CC. The van der Waals surface area contributed by atoms with Crippen molar-refractivity contribution in [3.05, 3.63) is 40.0 Å². The lowest BCUT2D eigenvalue weighted by Gasteiger charge is -2.08. The van der Waals surface area contributed by atoms with Crippen molar-refractivity contribution in [3.63, 3.8) is 0 Å². The first-order valence-electron chi connectivity index (χ1n) is 8.34. The Morgan fingerprint density at radius 3 is 2.62 bits per heavy atom. The normalized spacial score (nSPS) is 11.2. The third-order valence-electron chi connectivity index (χ3n) is 4.31. The zero-order valence-electron chi connectivity index (χ0n) is 14.5. The molecule has 0 aliphatic carbocycles. The molecule has 0 saturated heterocycles. The molecule has 0 radical (unpaired) electrons. The average molecular weight is 342 g/mol. The van der Waals surface area contributed by atoms with Gasteiger partial charge in [-0.3, -0.25) is 10.1 Å². The standard InChI is InChI=1S/C18H22N4OS/c1-5-12-8-9-14-13(10-12)11(4)16(22(14)7-3)17(23)19-18-21-20-15(6-2)24-18/h8-10H,5-7H2,1-4H3,(H,19,21,23). The van der Waals surface area contributed by atoms with Gasteiger partial charge in [0.05, 0.1) is 0 Å². The lowest BCUT2D eigenvalue weighted by Crippen LogP contribution is -2.17. The Balaban J connectivity index is 2.03. The fraction of sp³-hybridized carbons (Fsp3) is 0.389. The van der Waals surface area contributed by atoms with E-state index in [0.29, 0.717) is 10.8 Å². The monoisotopic (exact) mass is 342 g/mol. The number of nitrogens with zero attached hydrogens (tertiary/aromatic N) is 3. The van der Waals surface area contributed by atoms with E-state index in [9.17, 15) is 4.79 Å². The van der Waals surface area contributed by atoms with Crippen molar-refractivity contribution >= 4 is 33.3 Å². The molecule has 24 heavy (non-hydrogen) atoms. The van der Waals surface area contributed by atoms with Crippen molar-refractivity contribution in [2.45, 2.75) is 47.1 Å². The molecular weight excluding hydrogens is 320 g/mol. The number of amides is 1. The van der Waals surface area contributed by atoms with Gasteiger partial charge in [-0.15, -0.1) is 10.2 Å². The van der Waals surface area contributed by atoms with E-state index in [1.807, 2.05) is 13.8 Å². The maximum atomic E-state index is 12.8. The second-order valence-electron chi connectivity index (χ2n) is 5.73. The third-order valence-corrected chi connectivity index (χ3v) is 5.29. The highest BCUT2D eigenvalue weighted by atomic mass is 32.1. The predicted octanol–water partition coefficient (Wildman–Crippen LogP) is 4.20. The third kappa shape index (κ3) is 2.82. The molecule has 5 nitrogen and oxygen atoms in total. The number of aryl methyl sites for hydroxylation is 4. The molecule has 1 N–H and O–H groups in total.